The Balaban J connectivity index is 2.21. The Morgan fingerprint density at radius 1 is 1.10 bits per heavy atom. The van der Waals surface area contributed by atoms with Gasteiger partial charge in [-0.3, -0.25) is 0 Å². The van der Waals surface area contributed by atoms with Gasteiger partial charge in [-0.1, -0.05) is 40.2 Å². The predicted octanol–water partition coefficient (Wildman–Crippen LogP) is 4.88. The van der Waals surface area contributed by atoms with E-state index in [2.05, 4.69) is 15.9 Å². The lowest BCUT2D eigenvalue weighted by Crippen LogP contribution is -2.07. The van der Waals surface area contributed by atoms with Crippen LogP contribution in [0.1, 0.15) is 22.8 Å². The zero-order valence-electron chi connectivity index (χ0n) is 10.7. The molecule has 0 aromatic heterocycles. The molecule has 0 spiro atoms. The quantitative estimate of drug-likeness (QED) is 0.771. The fourth-order valence-corrected chi connectivity index (χ4v) is 2.59. The van der Waals surface area contributed by atoms with Gasteiger partial charge >= 0.3 is 6.18 Å². The molecule has 0 amide bonds. The van der Waals surface area contributed by atoms with Crippen molar-refractivity contribution < 1.29 is 22.7 Å². The summed E-state index contributed by atoms with van der Waals surface area (Å²) in [5, 5.41) is 10.1. The van der Waals surface area contributed by atoms with E-state index in [1.54, 1.807) is 0 Å². The van der Waals surface area contributed by atoms with E-state index in [4.69, 9.17) is 0 Å². The van der Waals surface area contributed by atoms with E-state index in [0.29, 0.717) is 15.6 Å². The second kappa shape index (κ2) is 6.15. The molecule has 1 nitrogen and oxygen atoms in total. The first-order valence-electron chi connectivity index (χ1n) is 6.06. The largest absolute Gasteiger partial charge is 0.416 e. The summed E-state index contributed by atoms with van der Waals surface area (Å²) in [6.07, 6.45) is -5.44. The lowest BCUT2D eigenvalue weighted by atomic mass is 10.00. The summed E-state index contributed by atoms with van der Waals surface area (Å²) < 4.78 is 51.2. The van der Waals surface area contributed by atoms with Crippen LogP contribution in [0.25, 0.3) is 0 Å². The third-order valence-electron chi connectivity index (χ3n) is 3.00. The van der Waals surface area contributed by atoms with Gasteiger partial charge in [0.2, 0.25) is 0 Å². The molecule has 1 atom stereocenters. The molecule has 0 radical (unpaired) electrons. The van der Waals surface area contributed by atoms with Gasteiger partial charge in [0.1, 0.15) is 5.82 Å². The monoisotopic (exact) mass is 362 g/mol. The van der Waals surface area contributed by atoms with Crippen LogP contribution in [0.2, 0.25) is 0 Å². The molecule has 21 heavy (non-hydrogen) atoms. The molecule has 0 bridgehead atoms. The molecule has 0 saturated carbocycles. The van der Waals surface area contributed by atoms with Crippen molar-refractivity contribution in [2.24, 2.45) is 0 Å². The molecule has 0 aliphatic rings. The third kappa shape index (κ3) is 4.04. The van der Waals surface area contributed by atoms with Crippen LogP contribution in [0, 0.1) is 5.82 Å². The minimum absolute atomic E-state index is 0.00809. The van der Waals surface area contributed by atoms with Gasteiger partial charge < -0.3 is 5.11 Å². The standard InChI is InChI=1S/C15H11BrF4O/c16-13-8-11(17)4-5-12(13)14(21)7-9-2-1-3-10(6-9)15(18,19)20/h1-6,8,14,21H,7H2. The highest BCUT2D eigenvalue weighted by Gasteiger charge is 2.30. The maximum Gasteiger partial charge on any atom is 0.416 e. The molecule has 0 heterocycles. The first-order valence-corrected chi connectivity index (χ1v) is 6.86. The van der Waals surface area contributed by atoms with Crippen molar-refractivity contribution in [3.05, 3.63) is 69.4 Å². The van der Waals surface area contributed by atoms with E-state index < -0.39 is 23.7 Å². The van der Waals surface area contributed by atoms with E-state index >= 15 is 0 Å². The Morgan fingerprint density at radius 2 is 1.81 bits per heavy atom. The molecular formula is C15H11BrF4O. The molecule has 0 saturated heterocycles. The Kier molecular flexibility index (Phi) is 4.68. The Labute approximate surface area is 127 Å². The van der Waals surface area contributed by atoms with Crippen molar-refractivity contribution in [1.82, 2.24) is 0 Å². The van der Waals surface area contributed by atoms with E-state index in [1.165, 1.54) is 30.3 Å². The lowest BCUT2D eigenvalue weighted by Gasteiger charge is -2.14. The molecule has 0 fully saturated rings. The minimum atomic E-state index is -4.42. The second-order valence-electron chi connectivity index (χ2n) is 4.58. The minimum Gasteiger partial charge on any atom is -0.388 e. The van der Waals surface area contributed by atoms with Gasteiger partial charge in [0, 0.05) is 10.9 Å². The van der Waals surface area contributed by atoms with Crippen molar-refractivity contribution >= 4 is 15.9 Å². The first-order chi connectivity index (χ1) is 9.77. The van der Waals surface area contributed by atoms with Crippen LogP contribution in [0.3, 0.4) is 0 Å². The number of hydrogen-bond acceptors (Lipinski definition) is 1. The van der Waals surface area contributed by atoms with E-state index in [9.17, 15) is 22.7 Å². The predicted molar refractivity (Wildman–Crippen MR) is 74.2 cm³/mol. The highest BCUT2D eigenvalue weighted by Crippen LogP contribution is 2.31. The number of benzene rings is 2. The Bertz CT molecular complexity index is 640. The second-order valence-corrected chi connectivity index (χ2v) is 5.44. The molecule has 1 unspecified atom stereocenters. The first kappa shape index (κ1) is 16.0. The highest BCUT2D eigenvalue weighted by atomic mass is 79.9. The average Bonchev–Trinajstić information content (AvgIpc) is 2.37. The number of aliphatic hydroxyl groups excluding tert-OH is 1. The summed E-state index contributed by atoms with van der Waals surface area (Å²) in [5.41, 5.74) is 0.0210. The number of rotatable bonds is 3. The molecule has 0 aliphatic carbocycles. The topological polar surface area (TPSA) is 20.2 Å². The molecule has 0 aliphatic heterocycles. The van der Waals surface area contributed by atoms with Crippen LogP contribution >= 0.6 is 15.9 Å². The van der Waals surface area contributed by atoms with Gasteiger partial charge in [-0.25, -0.2) is 4.39 Å². The fourth-order valence-electron chi connectivity index (χ4n) is 1.98. The van der Waals surface area contributed by atoms with E-state index in [1.807, 2.05) is 0 Å². The van der Waals surface area contributed by atoms with Crippen LogP contribution in [0.15, 0.2) is 46.9 Å². The van der Waals surface area contributed by atoms with Crippen molar-refractivity contribution in [2.75, 3.05) is 0 Å². The van der Waals surface area contributed by atoms with Crippen molar-refractivity contribution in [3.63, 3.8) is 0 Å². The van der Waals surface area contributed by atoms with Crippen LogP contribution in [0.5, 0.6) is 0 Å². The number of alkyl halides is 3. The number of halogens is 5. The van der Waals surface area contributed by atoms with Crippen molar-refractivity contribution in [2.45, 2.75) is 18.7 Å². The number of hydrogen-bond donors (Lipinski definition) is 1. The van der Waals surface area contributed by atoms with Gasteiger partial charge in [-0.15, -0.1) is 0 Å². The SMILES string of the molecule is OC(Cc1cccc(C(F)(F)F)c1)c1ccc(F)cc1Br. The maximum absolute atomic E-state index is 13.0. The van der Waals surface area contributed by atoms with Crippen molar-refractivity contribution in [3.8, 4) is 0 Å². The van der Waals surface area contributed by atoms with Gasteiger partial charge in [0.05, 0.1) is 11.7 Å². The average molecular weight is 363 g/mol. The molecule has 2 aromatic carbocycles. The summed E-state index contributed by atoms with van der Waals surface area (Å²) in [6, 6.07) is 8.57. The zero-order valence-corrected chi connectivity index (χ0v) is 12.2. The smallest absolute Gasteiger partial charge is 0.388 e. The summed E-state index contributed by atoms with van der Waals surface area (Å²) in [5.74, 6) is -0.461. The Hall–Kier alpha value is -1.40. The maximum atomic E-state index is 13.0. The van der Waals surface area contributed by atoms with E-state index in [-0.39, 0.29) is 6.42 Å². The molecular weight excluding hydrogens is 352 g/mol. The number of aliphatic hydroxyl groups is 1. The summed E-state index contributed by atoms with van der Waals surface area (Å²) in [6.45, 7) is 0. The molecule has 2 aromatic rings. The summed E-state index contributed by atoms with van der Waals surface area (Å²) >= 11 is 3.13. The van der Waals surface area contributed by atoms with Gasteiger partial charge in [-0.05, 0) is 29.3 Å². The van der Waals surface area contributed by atoms with Gasteiger partial charge in [-0.2, -0.15) is 13.2 Å². The lowest BCUT2D eigenvalue weighted by molar-refractivity contribution is -0.137. The fraction of sp³-hybridized carbons (Fsp3) is 0.200. The van der Waals surface area contributed by atoms with Crippen LogP contribution in [-0.4, -0.2) is 5.11 Å². The Morgan fingerprint density at radius 3 is 2.43 bits per heavy atom. The van der Waals surface area contributed by atoms with Gasteiger partial charge in [0.25, 0.3) is 0 Å². The highest BCUT2D eigenvalue weighted by molar-refractivity contribution is 9.10. The molecule has 2 rings (SSSR count). The zero-order chi connectivity index (χ0) is 15.6. The van der Waals surface area contributed by atoms with E-state index in [0.717, 1.165) is 12.1 Å². The van der Waals surface area contributed by atoms with Gasteiger partial charge in [0.15, 0.2) is 0 Å². The van der Waals surface area contributed by atoms with Crippen LogP contribution < -0.4 is 0 Å². The van der Waals surface area contributed by atoms with Crippen LogP contribution in [0.4, 0.5) is 17.6 Å². The van der Waals surface area contributed by atoms with Crippen LogP contribution in [-0.2, 0) is 12.6 Å². The molecule has 1 N–H and O–H groups in total. The normalized spacial score (nSPS) is 13.2. The molecule has 112 valence electrons. The third-order valence-corrected chi connectivity index (χ3v) is 3.69. The summed E-state index contributed by atoms with van der Waals surface area (Å²) in [4.78, 5) is 0. The summed E-state index contributed by atoms with van der Waals surface area (Å²) in [7, 11) is 0. The molecule has 6 heteroatoms. The van der Waals surface area contributed by atoms with Crippen molar-refractivity contribution in [1.29, 1.82) is 0 Å².